The second kappa shape index (κ2) is 6.99. The van der Waals surface area contributed by atoms with E-state index in [9.17, 15) is 22.8 Å². The van der Waals surface area contributed by atoms with Gasteiger partial charge in [0, 0.05) is 38.8 Å². The van der Waals surface area contributed by atoms with Gasteiger partial charge >= 0.3 is 6.18 Å². The fourth-order valence-corrected chi connectivity index (χ4v) is 2.40. The Hall–Kier alpha value is -2.09. The van der Waals surface area contributed by atoms with Crippen molar-refractivity contribution in [1.29, 1.82) is 0 Å². The van der Waals surface area contributed by atoms with Gasteiger partial charge in [-0.05, 0) is 18.2 Å². The Balaban J connectivity index is 1.87. The zero-order valence-electron chi connectivity index (χ0n) is 12.7. The number of halogens is 3. The van der Waals surface area contributed by atoms with E-state index in [-0.39, 0.29) is 24.0 Å². The van der Waals surface area contributed by atoms with Crippen molar-refractivity contribution < 1.29 is 22.8 Å². The number of hydrogen-bond acceptors (Lipinski definition) is 3. The van der Waals surface area contributed by atoms with Crippen LogP contribution in [0.2, 0.25) is 0 Å². The van der Waals surface area contributed by atoms with Gasteiger partial charge in [0.05, 0.1) is 12.1 Å². The summed E-state index contributed by atoms with van der Waals surface area (Å²) >= 11 is 0. The average Bonchev–Trinajstić information content (AvgIpc) is 2.47. The van der Waals surface area contributed by atoms with E-state index in [1.54, 1.807) is 4.90 Å². The molecule has 1 N–H and O–H groups in total. The van der Waals surface area contributed by atoms with Gasteiger partial charge in [-0.15, -0.1) is 0 Å². The maximum atomic E-state index is 12.6. The molecule has 2 amide bonds. The molecule has 0 radical (unpaired) electrons. The monoisotopic (exact) mass is 329 g/mol. The van der Waals surface area contributed by atoms with Crippen LogP contribution in [0.1, 0.15) is 12.5 Å². The van der Waals surface area contributed by atoms with E-state index in [1.807, 2.05) is 4.90 Å². The van der Waals surface area contributed by atoms with Crippen molar-refractivity contribution in [2.75, 3.05) is 38.0 Å². The maximum Gasteiger partial charge on any atom is 0.416 e. The molecule has 1 saturated heterocycles. The van der Waals surface area contributed by atoms with Crippen LogP contribution in [-0.2, 0) is 15.8 Å². The quantitative estimate of drug-likeness (QED) is 0.920. The van der Waals surface area contributed by atoms with Gasteiger partial charge in [-0.1, -0.05) is 6.07 Å². The van der Waals surface area contributed by atoms with Crippen LogP contribution < -0.4 is 5.32 Å². The normalized spacial score (nSPS) is 16.3. The number of nitrogens with one attached hydrogen (secondary N) is 1. The van der Waals surface area contributed by atoms with Crippen molar-refractivity contribution >= 4 is 17.5 Å². The van der Waals surface area contributed by atoms with Crippen LogP contribution >= 0.6 is 0 Å². The minimum absolute atomic E-state index is 0.00179. The van der Waals surface area contributed by atoms with Crippen LogP contribution in [0, 0.1) is 0 Å². The van der Waals surface area contributed by atoms with E-state index in [1.165, 1.54) is 19.1 Å². The molecular formula is C15H18F3N3O2. The third-order valence-electron chi connectivity index (χ3n) is 3.66. The van der Waals surface area contributed by atoms with Gasteiger partial charge in [0.15, 0.2) is 0 Å². The molecule has 0 unspecified atom stereocenters. The number of carbonyl (C=O) groups is 2. The first kappa shape index (κ1) is 17.3. The number of benzene rings is 1. The Morgan fingerprint density at radius 3 is 2.39 bits per heavy atom. The second-order valence-electron chi connectivity index (χ2n) is 5.41. The maximum absolute atomic E-state index is 12.6. The van der Waals surface area contributed by atoms with Crippen LogP contribution in [0.5, 0.6) is 0 Å². The Morgan fingerprint density at radius 1 is 1.17 bits per heavy atom. The molecule has 1 aliphatic rings. The molecule has 1 aromatic carbocycles. The smallest absolute Gasteiger partial charge is 0.340 e. The van der Waals surface area contributed by atoms with Crippen molar-refractivity contribution in [3.05, 3.63) is 29.8 Å². The van der Waals surface area contributed by atoms with Gasteiger partial charge in [0.25, 0.3) is 0 Å². The predicted molar refractivity (Wildman–Crippen MR) is 78.8 cm³/mol. The largest absolute Gasteiger partial charge is 0.416 e. The van der Waals surface area contributed by atoms with Crippen LogP contribution in [-0.4, -0.2) is 54.3 Å². The van der Waals surface area contributed by atoms with E-state index in [0.717, 1.165) is 12.1 Å². The number of hydrogen-bond donors (Lipinski definition) is 1. The highest BCUT2D eigenvalue weighted by molar-refractivity contribution is 5.92. The predicted octanol–water partition coefficient (Wildman–Crippen LogP) is 1.81. The molecule has 5 nitrogen and oxygen atoms in total. The molecule has 0 atom stereocenters. The minimum atomic E-state index is -4.44. The summed E-state index contributed by atoms with van der Waals surface area (Å²) in [6.07, 6.45) is -4.44. The lowest BCUT2D eigenvalue weighted by atomic mass is 10.2. The summed E-state index contributed by atoms with van der Waals surface area (Å²) in [6, 6.07) is 4.53. The summed E-state index contributed by atoms with van der Waals surface area (Å²) < 4.78 is 37.9. The SMILES string of the molecule is CC(=O)N1CCN(CC(=O)Nc2cccc(C(F)(F)F)c2)CC1. The van der Waals surface area contributed by atoms with Crippen molar-refractivity contribution in [2.45, 2.75) is 13.1 Å². The highest BCUT2D eigenvalue weighted by Crippen LogP contribution is 2.30. The number of amides is 2. The minimum Gasteiger partial charge on any atom is -0.340 e. The van der Waals surface area contributed by atoms with Crippen molar-refractivity contribution in [3.8, 4) is 0 Å². The summed E-state index contributed by atoms with van der Waals surface area (Å²) in [5.41, 5.74) is -0.683. The molecule has 0 aliphatic carbocycles. The third-order valence-corrected chi connectivity index (χ3v) is 3.66. The average molecular weight is 329 g/mol. The first-order chi connectivity index (χ1) is 10.8. The summed E-state index contributed by atoms with van der Waals surface area (Å²) in [5.74, 6) is -0.376. The highest BCUT2D eigenvalue weighted by atomic mass is 19.4. The first-order valence-electron chi connectivity index (χ1n) is 7.20. The Labute approximate surface area is 132 Å². The summed E-state index contributed by atoms with van der Waals surface area (Å²) in [6.45, 7) is 3.81. The lowest BCUT2D eigenvalue weighted by Crippen LogP contribution is -2.49. The number of anilines is 1. The third kappa shape index (κ3) is 4.95. The van der Waals surface area contributed by atoms with Crippen LogP contribution in [0.3, 0.4) is 0 Å². The molecule has 1 aliphatic heterocycles. The zero-order valence-corrected chi connectivity index (χ0v) is 12.7. The standard InChI is InChI=1S/C15H18F3N3O2/c1-11(22)21-7-5-20(6-8-21)10-14(23)19-13-4-2-3-12(9-13)15(16,17)18/h2-4,9H,5-8,10H2,1H3,(H,19,23). The fourth-order valence-electron chi connectivity index (χ4n) is 2.40. The Bertz CT molecular complexity index is 582. The molecule has 1 heterocycles. The number of alkyl halides is 3. The molecule has 0 aromatic heterocycles. The Kier molecular flexibility index (Phi) is 5.25. The van der Waals surface area contributed by atoms with Gasteiger partial charge in [-0.2, -0.15) is 13.2 Å². The van der Waals surface area contributed by atoms with E-state index < -0.39 is 11.7 Å². The summed E-state index contributed by atoms with van der Waals surface area (Å²) in [7, 11) is 0. The molecular weight excluding hydrogens is 311 g/mol. The molecule has 0 spiro atoms. The summed E-state index contributed by atoms with van der Waals surface area (Å²) in [5, 5.41) is 2.47. The van der Waals surface area contributed by atoms with E-state index in [0.29, 0.717) is 26.2 Å². The molecule has 0 bridgehead atoms. The topological polar surface area (TPSA) is 52.7 Å². The highest BCUT2D eigenvalue weighted by Gasteiger charge is 2.30. The van der Waals surface area contributed by atoms with Gasteiger partial charge in [0.2, 0.25) is 11.8 Å². The van der Waals surface area contributed by atoms with Crippen molar-refractivity contribution in [1.82, 2.24) is 9.80 Å². The van der Waals surface area contributed by atoms with Crippen LogP contribution in [0.4, 0.5) is 18.9 Å². The van der Waals surface area contributed by atoms with Gasteiger partial charge < -0.3 is 10.2 Å². The molecule has 1 fully saturated rings. The molecule has 2 rings (SSSR count). The lowest BCUT2D eigenvalue weighted by molar-refractivity contribution is -0.137. The second-order valence-corrected chi connectivity index (χ2v) is 5.41. The van der Waals surface area contributed by atoms with E-state index in [2.05, 4.69) is 5.32 Å². The number of carbonyl (C=O) groups excluding carboxylic acids is 2. The molecule has 126 valence electrons. The van der Waals surface area contributed by atoms with Crippen LogP contribution in [0.25, 0.3) is 0 Å². The van der Waals surface area contributed by atoms with E-state index >= 15 is 0 Å². The lowest BCUT2D eigenvalue weighted by Gasteiger charge is -2.33. The molecule has 8 heteroatoms. The molecule has 0 saturated carbocycles. The fraction of sp³-hybridized carbons (Fsp3) is 0.467. The van der Waals surface area contributed by atoms with Gasteiger partial charge in [-0.25, -0.2) is 0 Å². The molecule has 23 heavy (non-hydrogen) atoms. The first-order valence-corrected chi connectivity index (χ1v) is 7.20. The number of rotatable bonds is 3. The Morgan fingerprint density at radius 2 is 1.83 bits per heavy atom. The molecule has 1 aromatic rings. The van der Waals surface area contributed by atoms with Crippen LogP contribution in [0.15, 0.2) is 24.3 Å². The van der Waals surface area contributed by atoms with E-state index in [4.69, 9.17) is 0 Å². The van der Waals surface area contributed by atoms with Crippen molar-refractivity contribution in [2.24, 2.45) is 0 Å². The number of piperazine rings is 1. The van der Waals surface area contributed by atoms with Crippen molar-refractivity contribution in [3.63, 3.8) is 0 Å². The van der Waals surface area contributed by atoms with Gasteiger partial charge in [-0.3, -0.25) is 14.5 Å². The zero-order chi connectivity index (χ0) is 17.0. The number of nitrogens with zero attached hydrogens (tertiary/aromatic N) is 2. The summed E-state index contributed by atoms with van der Waals surface area (Å²) in [4.78, 5) is 26.7. The van der Waals surface area contributed by atoms with Gasteiger partial charge in [0.1, 0.15) is 0 Å².